The highest BCUT2D eigenvalue weighted by Crippen LogP contribution is 2.21. The molecule has 0 aliphatic rings. The number of pyridine rings is 1. The van der Waals surface area contributed by atoms with Crippen molar-refractivity contribution in [2.24, 2.45) is 0 Å². The van der Waals surface area contributed by atoms with Crippen molar-refractivity contribution < 1.29 is 14.3 Å². The summed E-state index contributed by atoms with van der Waals surface area (Å²) in [7, 11) is 1.60. The molecule has 0 spiro atoms. The van der Waals surface area contributed by atoms with E-state index in [-0.39, 0.29) is 23.9 Å². The second-order valence-corrected chi connectivity index (χ2v) is 6.64. The van der Waals surface area contributed by atoms with E-state index in [2.05, 4.69) is 4.98 Å². The first-order valence-corrected chi connectivity index (χ1v) is 8.96. The molecular weight excluding hydrogens is 352 g/mol. The van der Waals surface area contributed by atoms with E-state index < -0.39 is 0 Å². The number of nitrogens with zero attached hydrogens (tertiary/aromatic N) is 2. The van der Waals surface area contributed by atoms with Crippen molar-refractivity contribution in [2.45, 2.75) is 18.4 Å². The van der Waals surface area contributed by atoms with Gasteiger partial charge in [0.2, 0.25) is 0 Å². The molecule has 134 valence electrons. The van der Waals surface area contributed by atoms with Crippen molar-refractivity contribution in [3.63, 3.8) is 0 Å². The Labute approximate surface area is 154 Å². The highest BCUT2D eigenvalue weighted by Gasteiger charge is 2.09. The van der Waals surface area contributed by atoms with E-state index in [0.717, 1.165) is 16.2 Å². The molecule has 0 saturated carbocycles. The number of fused-ring (bicyclic) bond motifs is 1. The van der Waals surface area contributed by atoms with E-state index in [1.54, 1.807) is 19.4 Å². The molecule has 0 radical (unpaired) electrons. The van der Waals surface area contributed by atoms with Crippen LogP contribution >= 0.6 is 11.8 Å². The van der Waals surface area contributed by atoms with E-state index >= 15 is 0 Å². The van der Waals surface area contributed by atoms with Gasteiger partial charge in [0, 0.05) is 17.2 Å². The smallest absolute Gasteiger partial charge is 0.316 e. The number of benzene rings is 1. The molecule has 0 aliphatic heterocycles. The molecule has 0 atom stereocenters. The van der Waals surface area contributed by atoms with Crippen LogP contribution in [0.5, 0.6) is 5.75 Å². The summed E-state index contributed by atoms with van der Waals surface area (Å²) in [4.78, 5) is 29.4. The summed E-state index contributed by atoms with van der Waals surface area (Å²) in [5.74, 6) is 0.580. The van der Waals surface area contributed by atoms with Gasteiger partial charge in [-0.15, -0.1) is 11.8 Å². The lowest BCUT2D eigenvalue weighted by Crippen LogP contribution is -2.17. The van der Waals surface area contributed by atoms with Crippen LogP contribution in [-0.2, 0) is 16.1 Å². The molecule has 3 rings (SSSR count). The fourth-order valence-corrected chi connectivity index (χ4v) is 3.09. The maximum absolute atomic E-state index is 12.1. The molecule has 0 saturated heterocycles. The van der Waals surface area contributed by atoms with E-state index in [9.17, 15) is 9.59 Å². The molecule has 0 aliphatic carbocycles. The van der Waals surface area contributed by atoms with Gasteiger partial charge in [0.15, 0.2) is 0 Å². The minimum absolute atomic E-state index is 0.0257. The van der Waals surface area contributed by atoms with Gasteiger partial charge in [-0.1, -0.05) is 6.07 Å². The Balaban J connectivity index is 1.59. The molecular formula is C19H18N2O4S. The van der Waals surface area contributed by atoms with Crippen LogP contribution in [0.25, 0.3) is 5.65 Å². The second-order valence-electron chi connectivity index (χ2n) is 5.60. The number of aryl methyl sites for hydroxylation is 1. The maximum Gasteiger partial charge on any atom is 0.316 e. The summed E-state index contributed by atoms with van der Waals surface area (Å²) in [5, 5.41) is 0. The topological polar surface area (TPSA) is 69.9 Å². The zero-order valence-electron chi connectivity index (χ0n) is 14.5. The molecule has 2 aromatic heterocycles. The standard InChI is InChI=1S/C19H18N2O4S/c1-13-4-3-9-21-17(22)10-14(20-19(13)21)11-25-18(23)12-26-16-7-5-15(24-2)6-8-16/h3-10H,11-12H2,1-2H3. The summed E-state index contributed by atoms with van der Waals surface area (Å²) in [6.07, 6.45) is 1.67. The van der Waals surface area contributed by atoms with E-state index in [1.807, 2.05) is 37.3 Å². The molecule has 3 aromatic rings. The Morgan fingerprint density at radius 3 is 2.73 bits per heavy atom. The zero-order chi connectivity index (χ0) is 18.5. The molecule has 1 aromatic carbocycles. The highest BCUT2D eigenvalue weighted by molar-refractivity contribution is 8.00. The molecule has 6 nitrogen and oxygen atoms in total. The van der Waals surface area contributed by atoms with Crippen LogP contribution in [0.2, 0.25) is 0 Å². The number of hydrogen-bond acceptors (Lipinski definition) is 6. The van der Waals surface area contributed by atoms with Gasteiger partial charge in [0.25, 0.3) is 5.56 Å². The van der Waals surface area contributed by atoms with Crippen LogP contribution in [0.4, 0.5) is 0 Å². The van der Waals surface area contributed by atoms with Gasteiger partial charge in [-0.3, -0.25) is 14.0 Å². The van der Waals surface area contributed by atoms with Crippen molar-refractivity contribution in [1.29, 1.82) is 0 Å². The number of aromatic nitrogens is 2. The minimum Gasteiger partial charge on any atom is -0.497 e. The fourth-order valence-electron chi connectivity index (χ4n) is 2.39. The highest BCUT2D eigenvalue weighted by atomic mass is 32.2. The predicted molar refractivity (Wildman–Crippen MR) is 99.7 cm³/mol. The number of carbonyl (C=O) groups is 1. The van der Waals surface area contributed by atoms with E-state index in [4.69, 9.17) is 9.47 Å². The van der Waals surface area contributed by atoms with Gasteiger partial charge >= 0.3 is 5.97 Å². The van der Waals surface area contributed by atoms with E-state index in [1.165, 1.54) is 22.2 Å². The Kier molecular flexibility index (Phi) is 5.58. The quantitative estimate of drug-likeness (QED) is 0.491. The van der Waals surface area contributed by atoms with Gasteiger partial charge in [0.1, 0.15) is 18.0 Å². The summed E-state index contributed by atoms with van der Waals surface area (Å²) in [6.45, 7) is 1.85. The van der Waals surface area contributed by atoms with Crippen molar-refractivity contribution >= 4 is 23.4 Å². The third kappa shape index (κ3) is 4.23. The average Bonchev–Trinajstić information content (AvgIpc) is 2.66. The van der Waals surface area contributed by atoms with Crippen LogP contribution in [0, 0.1) is 6.92 Å². The van der Waals surface area contributed by atoms with Gasteiger partial charge in [-0.2, -0.15) is 0 Å². The number of methoxy groups -OCH3 is 1. The third-order valence-electron chi connectivity index (χ3n) is 3.74. The summed E-state index contributed by atoms with van der Waals surface area (Å²) >= 11 is 1.37. The molecule has 0 N–H and O–H groups in total. The number of carbonyl (C=O) groups excluding carboxylic acids is 1. The first-order chi connectivity index (χ1) is 12.6. The Hall–Kier alpha value is -2.80. The SMILES string of the molecule is COc1ccc(SCC(=O)OCc2cc(=O)n3cccc(C)c3n2)cc1. The van der Waals surface area contributed by atoms with Crippen molar-refractivity contribution in [1.82, 2.24) is 9.38 Å². The van der Waals surface area contributed by atoms with Crippen molar-refractivity contribution in [3.8, 4) is 5.75 Å². The van der Waals surface area contributed by atoms with Gasteiger partial charge < -0.3 is 9.47 Å². The maximum atomic E-state index is 12.1. The number of hydrogen-bond donors (Lipinski definition) is 0. The van der Waals surface area contributed by atoms with Crippen LogP contribution in [0.15, 0.2) is 58.4 Å². The Morgan fingerprint density at radius 1 is 1.23 bits per heavy atom. The lowest BCUT2D eigenvalue weighted by Gasteiger charge is -2.07. The fraction of sp³-hybridized carbons (Fsp3) is 0.211. The molecule has 0 fully saturated rings. The average molecular weight is 370 g/mol. The largest absolute Gasteiger partial charge is 0.497 e. The lowest BCUT2D eigenvalue weighted by molar-refractivity contribution is -0.141. The minimum atomic E-state index is -0.363. The summed E-state index contributed by atoms with van der Waals surface area (Å²) in [5.41, 5.74) is 1.69. The lowest BCUT2D eigenvalue weighted by atomic mass is 10.3. The third-order valence-corrected chi connectivity index (χ3v) is 4.72. The number of rotatable bonds is 6. The van der Waals surface area contributed by atoms with Crippen molar-refractivity contribution in [3.05, 3.63) is 70.3 Å². The first-order valence-electron chi connectivity index (χ1n) is 7.97. The zero-order valence-corrected chi connectivity index (χ0v) is 15.3. The number of esters is 1. The van der Waals surface area contributed by atoms with Crippen LogP contribution in [-0.4, -0.2) is 28.2 Å². The Bertz CT molecular complexity index is 983. The monoisotopic (exact) mass is 370 g/mol. The molecule has 2 heterocycles. The Morgan fingerprint density at radius 2 is 2.00 bits per heavy atom. The normalized spacial score (nSPS) is 10.7. The second kappa shape index (κ2) is 8.05. The number of ether oxygens (including phenoxy) is 2. The van der Waals surface area contributed by atoms with Gasteiger partial charge in [-0.25, -0.2) is 4.98 Å². The van der Waals surface area contributed by atoms with Crippen LogP contribution < -0.4 is 10.3 Å². The van der Waals surface area contributed by atoms with Crippen LogP contribution in [0.1, 0.15) is 11.3 Å². The van der Waals surface area contributed by atoms with Crippen molar-refractivity contribution in [2.75, 3.05) is 12.9 Å². The van der Waals surface area contributed by atoms with Gasteiger partial charge in [0.05, 0.1) is 18.6 Å². The first kappa shape index (κ1) is 18.0. The van der Waals surface area contributed by atoms with Gasteiger partial charge in [-0.05, 0) is 42.8 Å². The molecule has 7 heteroatoms. The number of thioether (sulfide) groups is 1. The molecule has 0 amide bonds. The predicted octanol–water partition coefficient (Wildman–Crippen LogP) is 2.85. The summed E-state index contributed by atoms with van der Waals surface area (Å²) in [6, 6.07) is 12.5. The molecule has 0 unspecified atom stereocenters. The molecule has 0 bridgehead atoms. The van der Waals surface area contributed by atoms with E-state index in [0.29, 0.717) is 11.3 Å². The molecule has 26 heavy (non-hydrogen) atoms. The summed E-state index contributed by atoms with van der Waals surface area (Å²) < 4.78 is 11.8. The van der Waals surface area contributed by atoms with Crippen LogP contribution in [0.3, 0.4) is 0 Å².